The first-order valence-corrected chi connectivity index (χ1v) is 15.2. The molecule has 4 bridgehead atoms. The largest absolute Gasteiger partial charge is 0.454 e. The molecule has 2 aliphatic carbocycles. The van der Waals surface area contributed by atoms with E-state index in [1.807, 2.05) is 36.4 Å². The molecule has 5 nitrogen and oxygen atoms in total. The molecule has 2 saturated carbocycles. The van der Waals surface area contributed by atoms with Crippen LogP contribution in [0.2, 0.25) is 0 Å². The number of carbonyl (C=O) groups is 2. The minimum Gasteiger partial charge on any atom is -0.454 e. The van der Waals surface area contributed by atoms with Gasteiger partial charge in [0.05, 0.1) is 11.1 Å². The van der Waals surface area contributed by atoms with Gasteiger partial charge in [0, 0.05) is 22.4 Å². The Morgan fingerprint density at radius 1 is 0.765 bits per heavy atom. The van der Waals surface area contributed by atoms with Gasteiger partial charge in [-0.15, -0.1) is 17.2 Å². The van der Waals surface area contributed by atoms with Crippen molar-refractivity contribution in [2.75, 3.05) is 13.3 Å². The van der Waals surface area contributed by atoms with Gasteiger partial charge in [0.1, 0.15) is 12.2 Å². The zero-order valence-electron chi connectivity index (χ0n) is 19.5. The van der Waals surface area contributed by atoms with Gasteiger partial charge in [0.2, 0.25) is 0 Å². The first kappa shape index (κ1) is 22.7. The van der Waals surface area contributed by atoms with Crippen molar-refractivity contribution in [3.8, 4) is 0 Å². The van der Waals surface area contributed by atoms with Crippen LogP contribution in [0.1, 0.15) is 40.0 Å². The molecule has 0 amide bonds. The van der Waals surface area contributed by atoms with Crippen molar-refractivity contribution in [2.45, 2.75) is 53.9 Å². The van der Waals surface area contributed by atoms with Crippen LogP contribution in [0.5, 0.6) is 0 Å². The average molecular weight is 495 g/mol. The van der Waals surface area contributed by atoms with E-state index in [-0.39, 0.29) is 22.3 Å². The molecule has 6 rings (SSSR count). The second-order valence-electron chi connectivity index (χ2n) is 10.1. The van der Waals surface area contributed by atoms with Crippen LogP contribution in [0.15, 0.2) is 60.7 Å². The minimum atomic E-state index is -0.425. The number of benzene rings is 2. The maximum absolute atomic E-state index is 13.3. The van der Waals surface area contributed by atoms with E-state index < -0.39 is 12.2 Å². The smallest absolute Gasteiger partial charge is 0.338 e. The van der Waals surface area contributed by atoms with Crippen molar-refractivity contribution < 1.29 is 19.1 Å². The highest BCUT2D eigenvalue weighted by Crippen LogP contribution is 2.75. The zero-order valence-corrected chi connectivity index (χ0v) is 21.5. The van der Waals surface area contributed by atoms with Crippen LogP contribution in [0, 0.1) is 11.8 Å². The summed E-state index contributed by atoms with van der Waals surface area (Å²) in [4.78, 5) is 26.6. The second-order valence-corrected chi connectivity index (χ2v) is 13.0. The second kappa shape index (κ2) is 8.40. The lowest BCUT2D eigenvalue weighted by Gasteiger charge is -2.50. The third kappa shape index (κ3) is 3.10. The zero-order chi connectivity index (χ0) is 23.5. The van der Waals surface area contributed by atoms with E-state index in [4.69, 9.17) is 9.47 Å². The fourth-order valence-electron chi connectivity index (χ4n) is 7.71. The van der Waals surface area contributed by atoms with Gasteiger partial charge in [0.25, 0.3) is 0 Å². The lowest BCUT2D eigenvalue weighted by molar-refractivity contribution is -0.0693. The molecule has 2 aromatic carbocycles. The third-order valence-electron chi connectivity index (χ3n) is 8.95. The van der Waals surface area contributed by atoms with Crippen molar-refractivity contribution in [3.05, 3.63) is 71.8 Å². The quantitative estimate of drug-likeness (QED) is 0.478. The molecular weight excluding hydrogens is 464 g/mol. The van der Waals surface area contributed by atoms with E-state index in [1.54, 1.807) is 24.3 Å². The topological polar surface area (TPSA) is 64.6 Å². The summed E-state index contributed by atoms with van der Waals surface area (Å²) < 4.78 is 12.8. The van der Waals surface area contributed by atoms with Gasteiger partial charge in [-0.1, -0.05) is 36.4 Å². The summed E-state index contributed by atoms with van der Waals surface area (Å²) in [7, 11) is 1.22. The van der Waals surface area contributed by atoms with Gasteiger partial charge in [0.15, 0.2) is 0 Å². The Kier molecular flexibility index (Phi) is 5.60. The molecule has 0 aromatic heterocycles. The number of rotatable bonds is 6. The molecule has 7 heteroatoms. The van der Waals surface area contributed by atoms with Crippen LogP contribution in [0.25, 0.3) is 0 Å². The Hall–Kier alpha value is -1.80. The Bertz CT molecular complexity index is 1010. The van der Waals surface area contributed by atoms with E-state index in [2.05, 4.69) is 18.6 Å². The SMILES string of the molecule is CPC12C[C@@](PC)(C(OC(=O)c3ccccc3)C1OC(=O)c1ccccc1)C1C3CCC(N3)C12. The Morgan fingerprint density at radius 3 is 1.56 bits per heavy atom. The van der Waals surface area contributed by atoms with Crippen molar-refractivity contribution in [1.29, 1.82) is 0 Å². The molecule has 4 aliphatic rings. The fraction of sp³-hybridized carbons (Fsp3) is 0.481. The monoisotopic (exact) mass is 495 g/mol. The minimum absolute atomic E-state index is 0.146. The summed E-state index contributed by atoms with van der Waals surface area (Å²) in [6.45, 7) is 4.51. The first-order chi connectivity index (χ1) is 16.5. The number of fused-ring (bicyclic) bond motifs is 9. The lowest BCUT2D eigenvalue weighted by Crippen LogP contribution is -2.60. The molecule has 0 spiro atoms. The third-order valence-corrected chi connectivity index (χ3v) is 12.4. The van der Waals surface area contributed by atoms with Crippen molar-refractivity contribution in [1.82, 2.24) is 5.32 Å². The Balaban J connectivity index is 1.41. The highest BCUT2D eigenvalue weighted by Gasteiger charge is 2.80. The lowest BCUT2D eigenvalue weighted by atomic mass is 9.68. The maximum atomic E-state index is 13.3. The molecule has 1 N–H and O–H groups in total. The van der Waals surface area contributed by atoms with Gasteiger partial charge in [-0.2, -0.15) is 0 Å². The molecule has 34 heavy (non-hydrogen) atoms. The summed E-state index contributed by atoms with van der Waals surface area (Å²) in [5.41, 5.74) is 1.09. The summed E-state index contributed by atoms with van der Waals surface area (Å²) in [5.74, 6) is 0.308. The summed E-state index contributed by atoms with van der Waals surface area (Å²) in [6, 6.07) is 19.3. The van der Waals surface area contributed by atoms with E-state index in [0.29, 0.717) is 52.2 Å². The number of nitrogens with one attached hydrogen (secondary N) is 1. The van der Waals surface area contributed by atoms with Crippen LogP contribution in [-0.2, 0) is 9.47 Å². The van der Waals surface area contributed by atoms with Crippen LogP contribution < -0.4 is 5.32 Å². The van der Waals surface area contributed by atoms with Crippen LogP contribution >= 0.6 is 17.2 Å². The van der Waals surface area contributed by atoms with Crippen molar-refractivity contribution in [2.24, 2.45) is 11.8 Å². The van der Waals surface area contributed by atoms with E-state index in [9.17, 15) is 9.59 Å². The van der Waals surface area contributed by atoms with Gasteiger partial charge in [-0.05, 0) is 68.7 Å². The molecule has 178 valence electrons. The molecule has 10 atom stereocenters. The van der Waals surface area contributed by atoms with E-state index in [0.717, 1.165) is 6.42 Å². The predicted molar refractivity (Wildman–Crippen MR) is 137 cm³/mol. The molecule has 4 fully saturated rings. The van der Waals surface area contributed by atoms with E-state index >= 15 is 0 Å². The number of ether oxygens (including phenoxy) is 2. The molecule has 2 heterocycles. The van der Waals surface area contributed by atoms with Crippen molar-refractivity contribution in [3.63, 3.8) is 0 Å². The molecule has 2 saturated heterocycles. The Morgan fingerprint density at radius 2 is 1.18 bits per heavy atom. The van der Waals surface area contributed by atoms with Gasteiger partial charge in [-0.25, -0.2) is 9.59 Å². The Labute approximate surface area is 204 Å². The number of hydrogen-bond acceptors (Lipinski definition) is 5. The summed E-state index contributed by atoms with van der Waals surface area (Å²) in [6.07, 6.45) is 2.51. The molecular formula is C27H31NO4P2. The normalized spacial score (nSPS) is 39.8. The van der Waals surface area contributed by atoms with Gasteiger partial charge in [-0.3, -0.25) is 0 Å². The molecule has 2 aromatic rings. The molecule has 2 aliphatic heterocycles. The van der Waals surface area contributed by atoms with Crippen LogP contribution in [0.4, 0.5) is 0 Å². The van der Waals surface area contributed by atoms with E-state index in [1.165, 1.54) is 12.8 Å². The highest BCUT2D eigenvalue weighted by molar-refractivity contribution is 7.41. The standard InChI is InChI=1S/C27H31NO4P2/c1-33-26-15-27(34-2,21-19-14-13-18(28-19)20(21)26)23(32-25(30)17-11-7-4-8-12-17)22(26)31-24(29)16-9-5-3-6-10-16/h3-12,18-23,28,33-34H,13-15H2,1-2H3/t18?,19?,20?,21?,22?,23?,26-,27?/m0/s1. The molecule has 0 radical (unpaired) electrons. The van der Waals surface area contributed by atoms with Crippen LogP contribution in [0.3, 0.4) is 0 Å². The average Bonchev–Trinajstić information content (AvgIpc) is 3.63. The number of esters is 2. The first-order valence-electron chi connectivity index (χ1n) is 12.2. The fourth-order valence-corrected chi connectivity index (χ4v) is 11.2. The van der Waals surface area contributed by atoms with Gasteiger partial charge < -0.3 is 14.8 Å². The number of hydrogen-bond donors (Lipinski definition) is 1. The maximum Gasteiger partial charge on any atom is 0.338 e. The predicted octanol–water partition coefficient (Wildman–Crippen LogP) is 4.32. The van der Waals surface area contributed by atoms with Gasteiger partial charge >= 0.3 is 11.9 Å². The van der Waals surface area contributed by atoms with Crippen LogP contribution in [-0.4, -0.2) is 59.9 Å². The highest BCUT2D eigenvalue weighted by atomic mass is 31.1. The van der Waals surface area contributed by atoms with Crippen molar-refractivity contribution >= 4 is 29.1 Å². The number of carbonyl (C=O) groups excluding carboxylic acids is 2. The molecule has 9 unspecified atom stereocenters. The summed E-state index contributed by atoms with van der Waals surface area (Å²) in [5, 5.41) is 3.60. The summed E-state index contributed by atoms with van der Waals surface area (Å²) >= 11 is 0.